The third-order valence-electron chi connectivity index (χ3n) is 5.28. The largest absolute Gasteiger partial charge is 0.508 e. The fraction of sp³-hybridized carbons (Fsp3) is 0.167. The number of phenols is 1. The van der Waals surface area contributed by atoms with Gasteiger partial charge in [-0.2, -0.15) is 5.10 Å². The molecule has 0 radical (unpaired) electrons. The standard InChI is InChI=1S/C24H23N3O2/c1-16-10-20-14-27(15-21(20)11-17(16)2)22-5-3-4-19(12-22)24(29)26-25-13-18-6-8-23(28)9-7-18/h3-13,28H,14-15H2,1-2H3,(H,26,29). The van der Waals surface area contributed by atoms with Crippen LogP contribution in [-0.2, 0) is 13.1 Å². The molecule has 1 heterocycles. The topological polar surface area (TPSA) is 64.9 Å². The number of carbonyl (C=O) groups excluding carboxylic acids is 1. The number of carbonyl (C=O) groups is 1. The maximum Gasteiger partial charge on any atom is 0.271 e. The summed E-state index contributed by atoms with van der Waals surface area (Å²) >= 11 is 0. The number of benzene rings is 3. The van der Waals surface area contributed by atoms with E-state index in [1.165, 1.54) is 22.3 Å². The fourth-order valence-corrected chi connectivity index (χ4v) is 3.51. The maximum atomic E-state index is 12.5. The van der Waals surface area contributed by atoms with Crippen LogP contribution in [0.25, 0.3) is 0 Å². The lowest BCUT2D eigenvalue weighted by atomic mass is 10.0. The molecular weight excluding hydrogens is 362 g/mol. The average molecular weight is 385 g/mol. The molecule has 1 aliphatic rings. The Morgan fingerprint density at radius 1 is 1.00 bits per heavy atom. The van der Waals surface area contributed by atoms with E-state index < -0.39 is 0 Å². The normalized spacial score (nSPS) is 13.0. The Kier molecular flexibility index (Phi) is 5.04. The molecular formula is C24H23N3O2. The van der Waals surface area contributed by atoms with Crippen LogP contribution in [0.5, 0.6) is 5.75 Å². The third kappa shape index (κ3) is 4.14. The van der Waals surface area contributed by atoms with Gasteiger partial charge in [0.1, 0.15) is 5.75 Å². The van der Waals surface area contributed by atoms with E-state index in [9.17, 15) is 9.90 Å². The van der Waals surface area contributed by atoms with Crippen LogP contribution in [0, 0.1) is 13.8 Å². The highest BCUT2D eigenvalue weighted by Crippen LogP contribution is 2.30. The van der Waals surface area contributed by atoms with Gasteiger partial charge in [-0.15, -0.1) is 0 Å². The average Bonchev–Trinajstić information content (AvgIpc) is 3.12. The molecule has 1 aliphatic heterocycles. The quantitative estimate of drug-likeness (QED) is 0.520. The summed E-state index contributed by atoms with van der Waals surface area (Å²) in [7, 11) is 0. The highest BCUT2D eigenvalue weighted by Gasteiger charge is 2.20. The summed E-state index contributed by atoms with van der Waals surface area (Å²) < 4.78 is 0. The molecule has 0 aliphatic carbocycles. The lowest BCUT2D eigenvalue weighted by Crippen LogP contribution is -2.19. The van der Waals surface area contributed by atoms with Crippen LogP contribution < -0.4 is 10.3 Å². The van der Waals surface area contributed by atoms with Crippen molar-refractivity contribution in [1.29, 1.82) is 0 Å². The molecule has 0 bridgehead atoms. The van der Waals surface area contributed by atoms with Gasteiger partial charge in [0.2, 0.25) is 0 Å². The summed E-state index contributed by atoms with van der Waals surface area (Å²) in [5.41, 5.74) is 10.3. The van der Waals surface area contributed by atoms with E-state index >= 15 is 0 Å². The fourth-order valence-electron chi connectivity index (χ4n) is 3.51. The van der Waals surface area contributed by atoms with Gasteiger partial charge in [0.05, 0.1) is 6.21 Å². The second-order valence-corrected chi connectivity index (χ2v) is 7.40. The van der Waals surface area contributed by atoms with Gasteiger partial charge in [-0.3, -0.25) is 4.79 Å². The minimum Gasteiger partial charge on any atom is -0.508 e. The van der Waals surface area contributed by atoms with Crippen LogP contribution in [0.2, 0.25) is 0 Å². The van der Waals surface area contributed by atoms with E-state index in [4.69, 9.17) is 0 Å². The van der Waals surface area contributed by atoms with Crippen LogP contribution >= 0.6 is 0 Å². The Balaban J connectivity index is 1.45. The summed E-state index contributed by atoms with van der Waals surface area (Å²) in [6.45, 7) is 5.98. The zero-order valence-electron chi connectivity index (χ0n) is 16.5. The second-order valence-electron chi connectivity index (χ2n) is 7.40. The zero-order chi connectivity index (χ0) is 20.4. The van der Waals surface area contributed by atoms with Gasteiger partial charge < -0.3 is 10.0 Å². The highest BCUT2D eigenvalue weighted by molar-refractivity contribution is 5.95. The van der Waals surface area contributed by atoms with E-state index in [0.717, 1.165) is 24.3 Å². The Bertz CT molecular complexity index is 1060. The minimum atomic E-state index is -0.259. The summed E-state index contributed by atoms with van der Waals surface area (Å²) in [6, 6.07) is 18.7. The van der Waals surface area contributed by atoms with E-state index in [1.54, 1.807) is 36.5 Å². The van der Waals surface area contributed by atoms with E-state index in [-0.39, 0.29) is 11.7 Å². The number of hydrogen-bond acceptors (Lipinski definition) is 4. The van der Waals surface area contributed by atoms with Crippen molar-refractivity contribution in [3.63, 3.8) is 0 Å². The number of nitrogens with one attached hydrogen (secondary N) is 1. The first-order chi connectivity index (χ1) is 14.0. The minimum absolute atomic E-state index is 0.192. The molecule has 1 amide bonds. The molecule has 0 spiro atoms. The number of phenolic OH excluding ortho intramolecular Hbond substituents is 1. The number of hydrogen-bond donors (Lipinski definition) is 2. The summed E-state index contributed by atoms with van der Waals surface area (Å²) in [4.78, 5) is 14.8. The first-order valence-electron chi connectivity index (χ1n) is 9.56. The number of hydrazone groups is 1. The van der Waals surface area contributed by atoms with Crippen molar-refractivity contribution >= 4 is 17.8 Å². The van der Waals surface area contributed by atoms with Crippen molar-refractivity contribution in [2.45, 2.75) is 26.9 Å². The molecule has 2 N–H and O–H groups in total. The SMILES string of the molecule is Cc1cc2c(cc1C)CN(c1cccc(C(=O)NN=Cc3ccc(O)cc3)c1)C2. The van der Waals surface area contributed by atoms with Crippen molar-refractivity contribution in [3.05, 3.63) is 94.0 Å². The van der Waals surface area contributed by atoms with E-state index in [0.29, 0.717) is 5.56 Å². The molecule has 0 saturated carbocycles. The molecule has 4 rings (SSSR count). The molecule has 0 saturated heterocycles. The molecule has 3 aromatic rings. The summed E-state index contributed by atoms with van der Waals surface area (Å²) in [6.07, 6.45) is 1.54. The number of rotatable bonds is 4. The lowest BCUT2D eigenvalue weighted by molar-refractivity contribution is 0.0955. The Hall–Kier alpha value is -3.60. The van der Waals surface area contributed by atoms with E-state index in [2.05, 4.69) is 41.4 Å². The third-order valence-corrected chi connectivity index (χ3v) is 5.28. The summed E-state index contributed by atoms with van der Waals surface area (Å²) in [5.74, 6) is -0.0670. The van der Waals surface area contributed by atoms with Gasteiger partial charge in [0.25, 0.3) is 5.91 Å². The molecule has 29 heavy (non-hydrogen) atoms. The molecule has 3 aromatic carbocycles. The van der Waals surface area contributed by atoms with E-state index in [1.807, 2.05) is 18.2 Å². The molecule has 5 nitrogen and oxygen atoms in total. The van der Waals surface area contributed by atoms with Gasteiger partial charge in [0, 0.05) is 24.3 Å². The van der Waals surface area contributed by atoms with Crippen molar-refractivity contribution in [2.24, 2.45) is 5.10 Å². The number of amides is 1. The predicted octanol–water partition coefficient (Wildman–Crippen LogP) is 4.29. The number of aryl methyl sites for hydroxylation is 2. The van der Waals surface area contributed by atoms with Gasteiger partial charge in [-0.25, -0.2) is 5.43 Å². The van der Waals surface area contributed by atoms with Gasteiger partial charge in [-0.05, 0) is 84.1 Å². The van der Waals surface area contributed by atoms with Gasteiger partial charge in [0.15, 0.2) is 0 Å². The van der Waals surface area contributed by atoms with Crippen LogP contribution in [0.15, 0.2) is 65.8 Å². The first-order valence-corrected chi connectivity index (χ1v) is 9.56. The number of nitrogens with zero attached hydrogens (tertiary/aromatic N) is 2. The molecule has 146 valence electrons. The Labute approximate surface area is 170 Å². The summed E-state index contributed by atoms with van der Waals surface area (Å²) in [5, 5.41) is 13.3. The molecule has 0 fully saturated rings. The highest BCUT2D eigenvalue weighted by atomic mass is 16.3. The van der Waals surface area contributed by atoms with Gasteiger partial charge in [-0.1, -0.05) is 18.2 Å². The smallest absolute Gasteiger partial charge is 0.271 e. The lowest BCUT2D eigenvalue weighted by Gasteiger charge is -2.18. The van der Waals surface area contributed by atoms with Crippen LogP contribution in [-0.4, -0.2) is 17.2 Å². The number of fused-ring (bicyclic) bond motifs is 1. The van der Waals surface area contributed by atoms with Crippen LogP contribution in [0.1, 0.15) is 38.2 Å². The molecule has 0 aromatic heterocycles. The molecule has 0 unspecified atom stereocenters. The van der Waals surface area contributed by atoms with Gasteiger partial charge >= 0.3 is 0 Å². The van der Waals surface area contributed by atoms with Crippen LogP contribution in [0.4, 0.5) is 5.69 Å². The van der Waals surface area contributed by atoms with Crippen molar-refractivity contribution in [1.82, 2.24) is 5.43 Å². The first kappa shape index (κ1) is 18.7. The predicted molar refractivity (Wildman–Crippen MR) is 115 cm³/mol. The molecule has 5 heteroatoms. The molecule has 0 atom stereocenters. The Morgan fingerprint density at radius 2 is 1.66 bits per heavy atom. The van der Waals surface area contributed by atoms with Crippen LogP contribution in [0.3, 0.4) is 0 Å². The van der Waals surface area contributed by atoms with Crippen molar-refractivity contribution in [2.75, 3.05) is 4.90 Å². The van der Waals surface area contributed by atoms with Crippen molar-refractivity contribution < 1.29 is 9.90 Å². The number of aromatic hydroxyl groups is 1. The Morgan fingerprint density at radius 3 is 2.31 bits per heavy atom. The zero-order valence-corrected chi connectivity index (χ0v) is 16.5. The van der Waals surface area contributed by atoms with Crippen molar-refractivity contribution in [3.8, 4) is 5.75 Å². The number of anilines is 1. The maximum absolute atomic E-state index is 12.5. The monoisotopic (exact) mass is 385 g/mol. The second kappa shape index (κ2) is 7.80.